The Morgan fingerprint density at radius 2 is 1.96 bits per heavy atom. The molecule has 2 aliphatic rings. The molecule has 0 spiro atoms. The van der Waals surface area contributed by atoms with Crippen molar-refractivity contribution in [1.29, 1.82) is 5.26 Å². The fraction of sp³-hybridized carbons (Fsp3) is 0.353. The Kier molecular flexibility index (Phi) is 9.28. The number of benzene rings is 2. The van der Waals surface area contributed by atoms with Gasteiger partial charge in [-0.15, -0.1) is 10.2 Å². The SMILES string of the molecule is C=C(F)C(=O)N1CCN(c2nc(OCC3CCCN3CCc3nn[nH]n3)nc3nc(-c4cccc5cccc(Cl)c45)ccc23)CC1CC#N. The number of tetrazole rings is 1. The average Bonchev–Trinajstić information content (AvgIpc) is 3.81. The summed E-state index contributed by atoms with van der Waals surface area (Å²) in [4.78, 5) is 32.9. The van der Waals surface area contributed by atoms with E-state index in [1.54, 1.807) is 0 Å². The first kappa shape index (κ1) is 32.3. The number of hydrogen-bond acceptors (Lipinski definition) is 11. The lowest BCUT2D eigenvalue weighted by Crippen LogP contribution is -2.55. The maximum absolute atomic E-state index is 13.9. The molecule has 1 amide bonds. The lowest BCUT2D eigenvalue weighted by Gasteiger charge is -2.41. The van der Waals surface area contributed by atoms with Gasteiger partial charge in [-0.1, -0.05) is 53.7 Å². The summed E-state index contributed by atoms with van der Waals surface area (Å²) >= 11 is 6.67. The zero-order valence-corrected chi connectivity index (χ0v) is 27.4. The summed E-state index contributed by atoms with van der Waals surface area (Å²) in [6.45, 7) is 6.03. The first-order valence-corrected chi connectivity index (χ1v) is 16.5. The molecule has 2 unspecified atom stereocenters. The maximum Gasteiger partial charge on any atom is 0.320 e. The lowest BCUT2D eigenvalue weighted by atomic mass is 10.0. The average molecular weight is 682 g/mol. The molecule has 3 aromatic heterocycles. The van der Waals surface area contributed by atoms with E-state index in [2.05, 4.69) is 38.2 Å². The summed E-state index contributed by atoms with van der Waals surface area (Å²) in [6.07, 6.45) is 2.69. The van der Waals surface area contributed by atoms with E-state index >= 15 is 0 Å². The highest BCUT2D eigenvalue weighted by atomic mass is 35.5. The third-order valence-electron chi connectivity index (χ3n) is 9.17. The van der Waals surface area contributed by atoms with E-state index in [9.17, 15) is 14.4 Å². The van der Waals surface area contributed by atoms with E-state index in [-0.39, 0.29) is 31.6 Å². The Morgan fingerprint density at radius 1 is 1.10 bits per heavy atom. The molecule has 5 heterocycles. The Bertz CT molecular complexity index is 2050. The molecule has 1 N–H and O–H groups in total. The molecule has 5 aromatic rings. The van der Waals surface area contributed by atoms with E-state index in [0.717, 1.165) is 42.3 Å². The molecule has 2 aromatic carbocycles. The first-order valence-electron chi connectivity index (χ1n) is 16.1. The fourth-order valence-electron chi connectivity index (χ4n) is 6.77. The van der Waals surface area contributed by atoms with Crippen LogP contribution in [0.15, 0.2) is 60.9 Å². The van der Waals surface area contributed by atoms with Crippen LogP contribution in [0.3, 0.4) is 0 Å². The van der Waals surface area contributed by atoms with Crippen molar-refractivity contribution in [3.05, 3.63) is 71.8 Å². The van der Waals surface area contributed by atoms with Gasteiger partial charge < -0.3 is 14.5 Å². The zero-order chi connectivity index (χ0) is 33.9. The second-order valence-electron chi connectivity index (χ2n) is 12.1. The normalized spacial score (nSPS) is 18.2. The van der Waals surface area contributed by atoms with Crippen LogP contribution >= 0.6 is 11.6 Å². The number of H-pyrrole nitrogens is 1. The van der Waals surface area contributed by atoms with Crippen LogP contribution in [0.4, 0.5) is 10.2 Å². The predicted molar refractivity (Wildman–Crippen MR) is 181 cm³/mol. The molecule has 0 saturated carbocycles. The molecule has 7 rings (SSSR count). The number of rotatable bonds is 10. The number of carbonyl (C=O) groups is 1. The number of halogens is 2. The van der Waals surface area contributed by atoms with Crippen LogP contribution in [-0.4, -0.2) is 103 Å². The van der Waals surface area contributed by atoms with E-state index < -0.39 is 17.8 Å². The number of piperazine rings is 1. The van der Waals surface area contributed by atoms with Crippen molar-refractivity contribution >= 4 is 45.1 Å². The number of likely N-dealkylation sites (tertiary alicyclic amines) is 1. The smallest absolute Gasteiger partial charge is 0.320 e. The number of fused-ring (bicyclic) bond motifs is 2. The summed E-state index contributed by atoms with van der Waals surface area (Å²) in [5.41, 5.74) is 1.97. The van der Waals surface area contributed by atoms with Crippen molar-refractivity contribution in [3.8, 4) is 23.3 Å². The highest BCUT2D eigenvalue weighted by Crippen LogP contribution is 2.35. The highest BCUT2D eigenvalue weighted by molar-refractivity contribution is 6.36. The first-order chi connectivity index (χ1) is 23.9. The van der Waals surface area contributed by atoms with Gasteiger partial charge in [-0.2, -0.15) is 20.4 Å². The monoisotopic (exact) mass is 681 g/mol. The van der Waals surface area contributed by atoms with E-state index in [1.807, 2.05) is 53.4 Å². The van der Waals surface area contributed by atoms with E-state index in [0.29, 0.717) is 53.0 Å². The molecule has 250 valence electrons. The standard InChI is InChI=1S/C34H33ClFN11O2/c1-21(36)33(48)47-18-17-46(19-23(47)12-14-37)32-26-10-11-28(25-8-2-5-22-6-3-9-27(35)30(22)25)38-31(26)39-34(40-32)49-20-24-7-4-15-45(24)16-13-29-41-43-44-42-29/h2-3,5-6,8-11,23-24H,1,4,7,12-13,15-20H2,(H,41,42,43,44). The number of anilines is 1. The van der Waals surface area contributed by atoms with Crippen molar-refractivity contribution in [3.63, 3.8) is 0 Å². The van der Waals surface area contributed by atoms with Crippen LogP contribution in [0.1, 0.15) is 25.1 Å². The molecule has 0 bridgehead atoms. The van der Waals surface area contributed by atoms with Crippen LogP contribution < -0.4 is 9.64 Å². The lowest BCUT2D eigenvalue weighted by molar-refractivity contribution is -0.131. The van der Waals surface area contributed by atoms with Crippen molar-refractivity contribution in [2.45, 2.75) is 37.8 Å². The zero-order valence-electron chi connectivity index (χ0n) is 26.6. The largest absolute Gasteiger partial charge is 0.462 e. The number of pyridine rings is 1. The minimum atomic E-state index is -1.05. The molecule has 2 atom stereocenters. The molecule has 49 heavy (non-hydrogen) atoms. The Labute approximate surface area is 286 Å². The molecule has 2 fully saturated rings. The van der Waals surface area contributed by atoms with Crippen molar-refractivity contribution in [1.82, 2.24) is 45.4 Å². The van der Waals surface area contributed by atoms with Crippen LogP contribution in [0.5, 0.6) is 6.01 Å². The molecule has 2 saturated heterocycles. The minimum Gasteiger partial charge on any atom is -0.462 e. The predicted octanol–water partition coefficient (Wildman–Crippen LogP) is 4.51. The summed E-state index contributed by atoms with van der Waals surface area (Å²) in [7, 11) is 0. The minimum absolute atomic E-state index is 0.0213. The van der Waals surface area contributed by atoms with Crippen LogP contribution in [-0.2, 0) is 11.2 Å². The fourth-order valence-corrected chi connectivity index (χ4v) is 7.05. The molecular weight excluding hydrogens is 649 g/mol. The molecule has 0 radical (unpaired) electrons. The van der Waals surface area contributed by atoms with Crippen LogP contribution in [0.25, 0.3) is 33.1 Å². The number of aromatic nitrogens is 7. The summed E-state index contributed by atoms with van der Waals surface area (Å²) in [5.74, 6) is -0.639. The summed E-state index contributed by atoms with van der Waals surface area (Å²) < 4.78 is 20.2. The van der Waals surface area contributed by atoms with Crippen LogP contribution in [0, 0.1) is 11.3 Å². The van der Waals surface area contributed by atoms with Crippen LogP contribution in [0.2, 0.25) is 5.02 Å². The molecule has 13 nitrogen and oxygen atoms in total. The molecular formula is C34H33ClFN11O2. The molecule has 2 aliphatic heterocycles. The third kappa shape index (κ3) is 6.72. The number of nitrogens with one attached hydrogen (secondary N) is 1. The van der Waals surface area contributed by atoms with Gasteiger partial charge in [0, 0.05) is 54.6 Å². The Hall–Kier alpha value is -5.26. The van der Waals surface area contributed by atoms with Gasteiger partial charge in [0.05, 0.1) is 29.6 Å². The van der Waals surface area contributed by atoms with E-state index in [1.165, 1.54) is 4.90 Å². The maximum atomic E-state index is 13.9. The Balaban J connectivity index is 1.23. The second kappa shape index (κ2) is 14.1. The number of nitrogens with zero attached hydrogens (tertiary/aromatic N) is 10. The quantitative estimate of drug-likeness (QED) is 0.207. The summed E-state index contributed by atoms with van der Waals surface area (Å²) in [5, 5.41) is 27.0. The highest BCUT2D eigenvalue weighted by Gasteiger charge is 2.33. The van der Waals surface area contributed by atoms with Gasteiger partial charge in [-0.25, -0.2) is 9.37 Å². The number of nitriles is 1. The van der Waals surface area contributed by atoms with Gasteiger partial charge in [0.1, 0.15) is 12.4 Å². The number of ether oxygens (including phenoxy) is 1. The molecule has 0 aliphatic carbocycles. The van der Waals surface area contributed by atoms with Crippen molar-refractivity contribution < 1.29 is 13.9 Å². The second-order valence-corrected chi connectivity index (χ2v) is 12.5. The van der Waals surface area contributed by atoms with Gasteiger partial charge in [0.15, 0.2) is 17.3 Å². The summed E-state index contributed by atoms with van der Waals surface area (Å²) in [6, 6.07) is 17.4. The van der Waals surface area contributed by atoms with Gasteiger partial charge >= 0.3 is 6.01 Å². The molecule has 15 heteroatoms. The van der Waals surface area contributed by atoms with E-state index in [4.69, 9.17) is 31.3 Å². The van der Waals surface area contributed by atoms with Gasteiger partial charge in [-0.05, 0) is 43.0 Å². The Morgan fingerprint density at radius 3 is 2.76 bits per heavy atom. The number of carbonyl (C=O) groups excluding carboxylic acids is 1. The van der Waals surface area contributed by atoms with Gasteiger partial charge in [-0.3, -0.25) is 9.69 Å². The van der Waals surface area contributed by atoms with Crippen molar-refractivity contribution in [2.75, 3.05) is 44.2 Å². The van der Waals surface area contributed by atoms with Crippen molar-refractivity contribution in [2.24, 2.45) is 0 Å². The topological polar surface area (TPSA) is 153 Å². The third-order valence-corrected chi connectivity index (χ3v) is 9.48. The number of amides is 1. The number of aromatic amines is 1. The van der Waals surface area contributed by atoms with Gasteiger partial charge in [0.2, 0.25) is 0 Å². The number of hydrogen-bond donors (Lipinski definition) is 1. The van der Waals surface area contributed by atoms with Gasteiger partial charge in [0.25, 0.3) is 5.91 Å².